The van der Waals surface area contributed by atoms with E-state index >= 15 is 0 Å². The van der Waals surface area contributed by atoms with Gasteiger partial charge in [-0.1, -0.05) is 11.3 Å². The number of anilines is 2. The zero-order chi connectivity index (χ0) is 21.9. The van der Waals surface area contributed by atoms with Gasteiger partial charge in [0.2, 0.25) is 16.0 Å². The summed E-state index contributed by atoms with van der Waals surface area (Å²) in [4.78, 5) is 19.3. The van der Waals surface area contributed by atoms with Crippen LogP contribution >= 0.6 is 11.3 Å². The maximum atomic E-state index is 13.4. The number of benzene rings is 1. The van der Waals surface area contributed by atoms with E-state index in [1.165, 1.54) is 23.5 Å². The monoisotopic (exact) mass is 434 g/mol. The molecule has 0 bridgehead atoms. The van der Waals surface area contributed by atoms with Gasteiger partial charge in [0.05, 0.1) is 13.2 Å². The summed E-state index contributed by atoms with van der Waals surface area (Å²) in [5.74, 6) is 0.322. The number of carbonyl (C=O) groups excluding carboxylic acids is 1. The van der Waals surface area contributed by atoms with Gasteiger partial charge >= 0.3 is 0 Å². The van der Waals surface area contributed by atoms with Crippen LogP contribution in [0.25, 0.3) is 16.2 Å². The molecule has 0 unspecified atom stereocenters. The number of fused-ring (bicyclic) bond motifs is 1. The van der Waals surface area contributed by atoms with Crippen molar-refractivity contribution in [1.82, 2.24) is 19.9 Å². The molecule has 0 fully saturated rings. The topological polar surface area (TPSA) is 83.8 Å². The lowest BCUT2D eigenvalue weighted by atomic mass is 10.1. The van der Waals surface area contributed by atoms with Crippen molar-refractivity contribution in [3.63, 3.8) is 0 Å². The van der Waals surface area contributed by atoms with E-state index in [4.69, 9.17) is 9.72 Å². The van der Waals surface area contributed by atoms with E-state index in [1.807, 2.05) is 27.8 Å². The van der Waals surface area contributed by atoms with Gasteiger partial charge in [0, 0.05) is 31.8 Å². The van der Waals surface area contributed by atoms with Gasteiger partial charge in [-0.25, -0.2) is 9.37 Å². The maximum Gasteiger partial charge on any atom is 0.239 e. The number of halogens is 1. The molecule has 162 valence electrons. The Kier molecular flexibility index (Phi) is 6.57. The number of hydrogen-bond donors (Lipinski definition) is 2. The lowest BCUT2D eigenvalue weighted by Gasteiger charge is -2.22. The number of carbonyl (C=O) groups is 1. The fourth-order valence-electron chi connectivity index (χ4n) is 2.80. The van der Waals surface area contributed by atoms with Crippen molar-refractivity contribution in [3.05, 3.63) is 30.1 Å². The molecule has 8 nitrogen and oxygen atoms in total. The number of amides is 1. The van der Waals surface area contributed by atoms with Crippen molar-refractivity contribution in [3.8, 4) is 11.3 Å². The molecule has 0 aliphatic carbocycles. The summed E-state index contributed by atoms with van der Waals surface area (Å²) in [6.07, 6.45) is 0. The third kappa shape index (κ3) is 5.25. The first-order valence-electron chi connectivity index (χ1n) is 9.58. The average molecular weight is 435 g/mol. The van der Waals surface area contributed by atoms with Crippen LogP contribution in [-0.2, 0) is 9.53 Å². The van der Waals surface area contributed by atoms with E-state index in [0.717, 1.165) is 11.4 Å². The normalized spacial score (nSPS) is 11.7. The zero-order valence-corrected chi connectivity index (χ0v) is 18.6. The molecule has 1 aromatic carbocycles. The summed E-state index contributed by atoms with van der Waals surface area (Å²) in [6.45, 7) is 7.24. The van der Waals surface area contributed by atoms with Crippen LogP contribution in [0.15, 0.2) is 24.3 Å². The molecule has 0 radical (unpaired) electrons. The number of nitrogens with one attached hydrogen (secondary N) is 2. The first-order valence-corrected chi connectivity index (χ1v) is 10.4. The molecule has 0 saturated heterocycles. The number of aromatic nitrogens is 3. The van der Waals surface area contributed by atoms with Crippen molar-refractivity contribution >= 4 is 33.2 Å². The van der Waals surface area contributed by atoms with Crippen LogP contribution in [0.4, 0.5) is 15.3 Å². The van der Waals surface area contributed by atoms with Gasteiger partial charge in [-0.05, 0) is 45.0 Å². The molecule has 0 aliphatic heterocycles. The standard InChI is InChI=1S/C20H27FN6O2S/c1-20(2,3)24-17-16(13-6-8-14(21)9-7-13)23-18-27(17)25-19(30-18)26(4)12-15(28)22-10-11-29-5/h6-9,24H,10-12H2,1-5H3,(H,22,28). The molecule has 10 heteroatoms. The van der Waals surface area contributed by atoms with Crippen molar-refractivity contribution < 1.29 is 13.9 Å². The molecule has 3 rings (SSSR count). The minimum absolute atomic E-state index is 0.109. The molecule has 0 saturated carbocycles. The lowest BCUT2D eigenvalue weighted by molar-refractivity contribution is -0.119. The summed E-state index contributed by atoms with van der Waals surface area (Å²) in [7, 11) is 3.40. The van der Waals surface area contributed by atoms with Crippen molar-refractivity contribution in [2.24, 2.45) is 0 Å². The Balaban J connectivity index is 1.90. The van der Waals surface area contributed by atoms with Crippen molar-refractivity contribution in [2.45, 2.75) is 26.3 Å². The SMILES string of the molecule is COCCNC(=O)CN(C)c1nn2c(NC(C)(C)C)c(-c3ccc(F)cc3)nc2s1. The highest BCUT2D eigenvalue weighted by atomic mass is 32.1. The van der Waals surface area contributed by atoms with Crippen LogP contribution in [0.2, 0.25) is 0 Å². The minimum Gasteiger partial charge on any atom is -0.383 e. The van der Waals surface area contributed by atoms with E-state index in [0.29, 0.717) is 28.9 Å². The van der Waals surface area contributed by atoms with Crippen LogP contribution in [0.5, 0.6) is 0 Å². The predicted molar refractivity (Wildman–Crippen MR) is 118 cm³/mol. The fourth-order valence-corrected chi connectivity index (χ4v) is 3.66. The van der Waals surface area contributed by atoms with Gasteiger partial charge < -0.3 is 20.3 Å². The Morgan fingerprint density at radius 3 is 2.63 bits per heavy atom. The van der Waals surface area contributed by atoms with Gasteiger partial charge in [0.25, 0.3) is 0 Å². The summed E-state index contributed by atoms with van der Waals surface area (Å²) >= 11 is 1.38. The number of methoxy groups -OCH3 is 1. The Morgan fingerprint density at radius 1 is 1.30 bits per heavy atom. The smallest absolute Gasteiger partial charge is 0.239 e. The molecule has 2 N–H and O–H groups in total. The fraction of sp³-hybridized carbons (Fsp3) is 0.450. The molecule has 3 aromatic rings. The molecule has 2 aromatic heterocycles. The number of imidazole rings is 1. The second-order valence-corrected chi connectivity index (χ2v) is 8.90. The van der Waals surface area contributed by atoms with E-state index in [2.05, 4.69) is 15.7 Å². The highest BCUT2D eigenvalue weighted by Gasteiger charge is 2.23. The Hall–Kier alpha value is -2.72. The summed E-state index contributed by atoms with van der Waals surface area (Å²) < 4.78 is 20.0. The Bertz CT molecular complexity index is 1010. The van der Waals surface area contributed by atoms with Crippen LogP contribution in [0.1, 0.15) is 20.8 Å². The van der Waals surface area contributed by atoms with Crippen LogP contribution in [-0.4, -0.2) is 59.9 Å². The molecule has 0 atom stereocenters. The van der Waals surface area contributed by atoms with E-state index < -0.39 is 0 Å². The second kappa shape index (κ2) is 8.97. The lowest BCUT2D eigenvalue weighted by Crippen LogP contribution is -2.36. The molecule has 0 aliphatic rings. The first-order chi connectivity index (χ1) is 14.2. The summed E-state index contributed by atoms with van der Waals surface area (Å²) in [6, 6.07) is 6.23. The quantitative estimate of drug-likeness (QED) is 0.531. The Morgan fingerprint density at radius 2 is 2.00 bits per heavy atom. The van der Waals surface area contributed by atoms with Gasteiger partial charge in [-0.3, -0.25) is 4.79 Å². The number of likely N-dealkylation sites (N-methyl/N-ethyl adjacent to an activating group) is 1. The average Bonchev–Trinajstić information content (AvgIpc) is 3.21. The largest absolute Gasteiger partial charge is 0.383 e. The molecule has 0 spiro atoms. The van der Waals surface area contributed by atoms with Crippen LogP contribution in [0.3, 0.4) is 0 Å². The number of nitrogens with zero attached hydrogens (tertiary/aromatic N) is 4. The van der Waals surface area contributed by atoms with Crippen molar-refractivity contribution in [2.75, 3.05) is 44.1 Å². The molecular weight excluding hydrogens is 407 g/mol. The Labute approximate surface area is 179 Å². The summed E-state index contributed by atoms with van der Waals surface area (Å²) in [5.41, 5.74) is 1.27. The van der Waals surface area contributed by atoms with Crippen molar-refractivity contribution in [1.29, 1.82) is 0 Å². The minimum atomic E-state index is -0.295. The van der Waals surface area contributed by atoms with Gasteiger partial charge in [0.15, 0.2) is 5.82 Å². The maximum absolute atomic E-state index is 13.4. The third-order valence-electron chi connectivity index (χ3n) is 4.14. The van der Waals surface area contributed by atoms with Crippen LogP contribution in [0, 0.1) is 5.82 Å². The third-order valence-corrected chi connectivity index (χ3v) is 5.16. The van der Waals surface area contributed by atoms with E-state index in [1.54, 1.807) is 28.7 Å². The summed E-state index contributed by atoms with van der Waals surface area (Å²) in [5, 5.41) is 11.6. The number of rotatable bonds is 8. The van der Waals surface area contributed by atoms with Gasteiger partial charge in [0.1, 0.15) is 11.5 Å². The number of ether oxygens (including phenoxy) is 1. The van der Waals surface area contributed by atoms with Gasteiger partial charge in [-0.2, -0.15) is 4.52 Å². The van der Waals surface area contributed by atoms with E-state index in [9.17, 15) is 9.18 Å². The highest BCUT2D eigenvalue weighted by Crippen LogP contribution is 2.34. The molecule has 1 amide bonds. The van der Waals surface area contributed by atoms with E-state index in [-0.39, 0.29) is 23.8 Å². The molecule has 2 heterocycles. The molecule has 30 heavy (non-hydrogen) atoms. The second-order valence-electron chi connectivity index (χ2n) is 7.97. The number of hydrogen-bond acceptors (Lipinski definition) is 7. The zero-order valence-electron chi connectivity index (χ0n) is 17.8. The first kappa shape index (κ1) is 22.0. The molecular formula is C20H27FN6O2S. The predicted octanol–water partition coefficient (Wildman–Crippen LogP) is 3.01. The van der Waals surface area contributed by atoms with Gasteiger partial charge in [-0.15, -0.1) is 5.10 Å². The highest BCUT2D eigenvalue weighted by molar-refractivity contribution is 7.20. The van der Waals surface area contributed by atoms with Crippen LogP contribution < -0.4 is 15.5 Å².